The van der Waals surface area contributed by atoms with Crippen LogP contribution in [0.25, 0.3) is 16.9 Å². The fraction of sp³-hybridized carbons (Fsp3) is 0.469. The minimum Gasteiger partial charge on any atom is -0.506 e. The molecule has 1 aliphatic carbocycles. The number of aromatic hydroxyl groups is 2. The van der Waals surface area contributed by atoms with Crippen LogP contribution in [-0.4, -0.2) is 87.8 Å². The number of rotatable bonds is 4. The number of carbonyl (C=O) groups excluding carboxylic acids is 3. The van der Waals surface area contributed by atoms with E-state index in [0.717, 1.165) is 0 Å². The molecule has 1 saturated heterocycles. The summed E-state index contributed by atoms with van der Waals surface area (Å²) in [5.41, 5.74) is -2.36. The number of hydrogen-bond acceptors (Lipinski definition) is 12. The summed E-state index contributed by atoms with van der Waals surface area (Å²) in [5, 5.41) is 45.6. The monoisotopic (exact) mass is 610 g/mol. The molecule has 6 rings (SSSR count). The summed E-state index contributed by atoms with van der Waals surface area (Å²) < 4.78 is 28.5. The highest BCUT2D eigenvalue weighted by molar-refractivity contribution is 6.08. The number of phenolic OH excluding ortho intramolecular Hbond substituents is 2. The van der Waals surface area contributed by atoms with Crippen LogP contribution in [0.5, 0.6) is 23.0 Å². The predicted molar refractivity (Wildman–Crippen MR) is 153 cm³/mol. The minimum atomic E-state index is -1.65. The fourth-order valence-corrected chi connectivity index (χ4v) is 7.16. The van der Waals surface area contributed by atoms with E-state index in [1.165, 1.54) is 27.2 Å². The molecule has 0 aromatic heterocycles. The maximum atomic E-state index is 13.6. The molecular weight excluding hydrogens is 576 g/mol. The normalized spacial score (nSPS) is 31.1. The average Bonchev–Trinajstić information content (AvgIpc) is 3.33. The number of benzene rings is 2. The van der Waals surface area contributed by atoms with Gasteiger partial charge in [-0.05, 0) is 51.0 Å². The van der Waals surface area contributed by atoms with Crippen molar-refractivity contribution >= 4 is 23.3 Å². The zero-order chi connectivity index (χ0) is 32.0. The van der Waals surface area contributed by atoms with E-state index in [2.05, 4.69) is 0 Å². The number of ether oxygens (including phenoxy) is 5. The summed E-state index contributed by atoms with van der Waals surface area (Å²) in [4.78, 5) is 38.7. The number of fused-ring (bicyclic) bond motifs is 3. The van der Waals surface area contributed by atoms with E-state index < -0.39 is 70.4 Å². The molecule has 2 aromatic rings. The highest BCUT2D eigenvalue weighted by atomic mass is 16.6. The van der Waals surface area contributed by atoms with Crippen LogP contribution in [0.15, 0.2) is 17.7 Å². The number of esters is 1. The third-order valence-corrected chi connectivity index (χ3v) is 9.35. The van der Waals surface area contributed by atoms with Gasteiger partial charge in [-0.2, -0.15) is 0 Å². The van der Waals surface area contributed by atoms with E-state index in [0.29, 0.717) is 11.1 Å². The van der Waals surface area contributed by atoms with E-state index in [-0.39, 0.29) is 58.6 Å². The summed E-state index contributed by atoms with van der Waals surface area (Å²) in [7, 11) is 2.81. The van der Waals surface area contributed by atoms with Gasteiger partial charge in [-0.15, -0.1) is 0 Å². The molecular formula is C32H34O12. The Bertz CT molecular complexity index is 1670. The molecule has 3 aliphatic heterocycles. The van der Waals surface area contributed by atoms with Crippen molar-refractivity contribution in [3.8, 4) is 34.1 Å². The van der Waals surface area contributed by atoms with Gasteiger partial charge in [-0.25, -0.2) is 0 Å². The van der Waals surface area contributed by atoms with Crippen LogP contribution in [0, 0.1) is 13.8 Å². The lowest BCUT2D eigenvalue weighted by atomic mass is 9.73. The molecule has 2 aromatic carbocycles. The Balaban J connectivity index is 1.48. The van der Waals surface area contributed by atoms with Crippen molar-refractivity contribution < 1.29 is 58.5 Å². The molecule has 0 spiro atoms. The number of ketones is 2. The first kappa shape index (κ1) is 29.9. The molecule has 2 fully saturated rings. The standard InChI is InChI=1S/C32H34O12/c1-12-7-16-23(15(34)11-31(3,43-16)30-19(41-6)10-20(35)42-30)26(36)21(12)22-13(2)8-17-24(27(22)37)28(38)25-14(33)9-18(40-5)29(39)32(25,4)44-17/h7-8,18-19,29-30,36-39H,9-11H2,1-6H3/t18-,19-,29-,30-,31-,32+/m0/s1. The maximum Gasteiger partial charge on any atom is 0.309 e. The lowest BCUT2D eigenvalue weighted by molar-refractivity contribution is -0.153. The van der Waals surface area contributed by atoms with Crippen LogP contribution in [-0.2, 0) is 23.8 Å². The number of aliphatic hydroxyl groups excluding tert-OH is 2. The first-order valence-electron chi connectivity index (χ1n) is 14.2. The maximum absolute atomic E-state index is 13.6. The zero-order valence-electron chi connectivity index (χ0n) is 25.1. The Morgan fingerprint density at radius 2 is 1.36 bits per heavy atom. The smallest absolute Gasteiger partial charge is 0.309 e. The van der Waals surface area contributed by atoms with Gasteiger partial charge in [0.25, 0.3) is 0 Å². The Morgan fingerprint density at radius 3 is 1.95 bits per heavy atom. The van der Waals surface area contributed by atoms with E-state index >= 15 is 0 Å². The van der Waals surface area contributed by atoms with Crippen molar-refractivity contribution in [2.75, 3.05) is 14.2 Å². The number of hydrogen-bond donors (Lipinski definition) is 4. The van der Waals surface area contributed by atoms with Gasteiger partial charge in [0.1, 0.15) is 52.1 Å². The first-order chi connectivity index (χ1) is 20.7. The number of aliphatic hydroxyl groups is 2. The first-order valence-corrected chi connectivity index (χ1v) is 14.2. The van der Waals surface area contributed by atoms with Crippen LogP contribution in [0.3, 0.4) is 0 Å². The topological polar surface area (TPSA) is 178 Å². The second kappa shape index (κ2) is 9.94. The summed E-state index contributed by atoms with van der Waals surface area (Å²) in [6, 6.07) is 3.07. The van der Waals surface area contributed by atoms with Crippen molar-refractivity contribution in [1.29, 1.82) is 0 Å². The number of methoxy groups -OCH3 is 2. The highest BCUT2D eigenvalue weighted by Crippen LogP contribution is 2.55. The molecule has 1 saturated carbocycles. The summed E-state index contributed by atoms with van der Waals surface area (Å²) >= 11 is 0. The summed E-state index contributed by atoms with van der Waals surface area (Å²) in [6.45, 7) is 6.41. The van der Waals surface area contributed by atoms with E-state index in [9.17, 15) is 34.8 Å². The zero-order valence-corrected chi connectivity index (χ0v) is 25.1. The van der Waals surface area contributed by atoms with Gasteiger partial charge >= 0.3 is 5.97 Å². The lowest BCUT2D eigenvalue weighted by Gasteiger charge is -2.46. The number of Topliss-reactive ketones (excluding diaryl/α,β-unsaturated/α-hetero) is 2. The minimum absolute atomic E-state index is 0.0141. The second-order valence-corrected chi connectivity index (χ2v) is 12.3. The number of phenols is 2. The Labute approximate surface area is 252 Å². The Hall–Kier alpha value is -4.13. The summed E-state index contributed by atoms with van der Waals surface area (Å²) in [5.74, 6) is -2.86. The van der Waals surface area contributed by atoms with Gasteiger partial charge in [0, 0.05) is 31.8 Å². The van der Waals surface area contributed by atoms with Gasteiger partial charge in [-0.3, -0.25) is 14.4 Å². The number of cyclic esters (lactones) is 1. The molecule has 12 heteroatoms. The van der Waals surface area contributed by atoms with Gasteiger partial charge in [0.2, 0.25) is 0 Å². The van der Waals surface area contributed by atoms with E-state index in [1.54, 1.807) is 26.8 Å². The van der Waals surface area contributed by atoms with Crippen molar-refractivity contribution in [3.05, 3.63) is 40.0 Å². The summed E-state index contributed by atoms with van der Waals surface area (Å²) in [6.07, 6.45) is -4.05. The van der Waals surface area contributed by atoms with Crippen LogP contribution in [0.4, 0.5) is 0 Å². The molecule has 3 heterocycles. The van der Waals surface area contributed by atoms with Gasteiger partial charge in [-0.1, -0.05) is 0 Å². The fourth-order valence-electron chi connectivity index (χ4n) is 7.16. The third-order valence-electron chi connectivity index (χ3n) is 9.35. The highest BCUT2D eigenvalue weighted by Gasteiger charge is 2.56. The molecule has 234 valence electrons. The van der Waals surface area contributed by atoms with Crippen LogP contribution in [0.1, 0.15) is 60.2 Å². The SMILES string of the molecule is CO[C@H]1CC(=O)O[C@@H]1[C@]1(C)CC(=O)c2c(cc(C)c(-c3c(C)cc4c(c3O)C(O)=C3C(=O)C[C@H](OC)[C@H](O)[C@]3(C)O4)c2O)O1. The number of aryl methyl sites for hydroxylation is 2. The van der Waals surface area contributed by atoms with Crippen LogP contribution >= 0.6 is 0 Å². The van der Waals surface area contributed by atoms with Gasteiger partial charge in [0.15, 0.2) is 28.9 Å². The van der Waals surface area contributed by atoms with E-state index in [4.69, 9.17) is 23.7 Å². The molecule has 0 amide bonds. The van der Waals surface area contributed by atoms with Crippen molar-refractivity contribution in [2.24, 2.45) is 0 Å². The largest absolute Gasteiger partial charge is 0.506 e. The van der Waals surface area contributed by atoms with Gasteiger partial charge < -0.3 is 44.1 Å². The molecule has 4 aliphatic rings. The Morgan fingerprint density at radius 1 is 0.795 bits per heavy atom. The molecule has 4 N–H and O–H groups in total. The molecule has 0 radical (unpaired) electrons. The molecule has 0 bridgehead atoms. The second-order valence-electron chi connectivity index (χ2n) is 12.3. The molecule has 0 unspecified atom stereocenters. The number of carbonyl (C=O) groups is 3. The molecule has 44 heavy (non-hydrogen) atoms. The lowest BCUT2D eigenvalue weighted by Crippen LogP contribution is -2.60. The van der Waals surface area contributed by atoms with Crippen LogP contribution < -0.4 is 9.47 Å². The molecule has 6 atom stereocenters. The predicted octanol–water partition coefficient (Wildman–Crippen LogP) is 3.20. The van der Waals surface area contributed by atoms with Crippen molar-refractivity contribution in [3.63, 3.8) is 0 Å². The third kappa shape index (κ3) is 4.04. The Kier molecular flexibility index (Phi) is 6.76. The van der Waals surface area contributed by atoms with Crippen molar-refractivity contribution in [1.82, 2.24) is 0 Å². The quantitative estimate of drug-likeness (QED) is 0.372. The molecule has 12 nitrogen and oxygen atoms in total. The van der Waals surface area contributed by atoms with Gasteiger partial charge in [0.05, 0.1) is 24.5 Å². The van der Waals surface area contributed by atoms with E-state index in [1.807, 2.05) is 0 Å². The van der Waals surface area contributed by atoms with Crippen molar-refractivity contribution in [2.45, 2.75) is 82.6 Å². The average molecular weight is 611 g/mol. The van der Waals surface area contributed by atoms with Crippen LogP contribution in [0.2, 0.25) is 0 Å².